The van der Waals surface area contributed by atoms with Crippen molar-refractivity contribution in [1.82, 2.24) is 14.7 Å². The molecule has 2 N–H and O–H groups in total. The molecule has 0 aliphatic heterocycles. The molecule has 1 amide bonds. The Hall–Kier alpha value is -2.30. The number of carbonyl (C=O) groups is 2. The van der Waals surface area contributed by atoms with E-state index in [4.69, 9.17) is 23.2 Å². The van der Waals surface area contributed by atoms with Gasteiger partial charge in [0.15, 0.2) is 5.69 Å². The molecule has 1 heterocycles. The van der Waals surface area contributed by atoms with Crippen LogP contribution in [0.1, 0.15) is 87.5 Å². The van der Waals surface area contributed by atoms with Gasteiger partial charge in [0.1, 0.15) is 0 Å². The Kier molecular flexibility index (Phi) is 9.90. The molecule has 0 spiro atoms. The van der Waals surface area contributed by atoms with Crippen LogP contribution < -0.4 is 0 Å². The zero-order valence-corrected chi connectivity index (χ0v) is 24.6. The number of alkyl halides is 3. The van der Waals surface area contributed by atoms with Crippen LogP contribution in [0.4, 0.5) is 13.2 Å². The summed E-state index contributed by atoms with van der Waals surface area (Å²) in [6.07, 6.45) is -2.73. The topological polar surface area (TPSA) is 95.7 Å². The third-order valence-electron chi connectivity index (χ3n) is 7.64. The zero-order chi connectivity index (χ0) is 30.0. The molecule has 3 rings (SSSR count). The minimum Gasteiger partial charge on any atom is -0.481 e. The number of nitrogens with zero attached hydrogens (tertiary/aromatic N) is 3. The van der Waals surface area contributed by atoms with Crippen molar-refractivity contribution in [3.05, 3.63) is 51.3 Å². The summed E-state index contributed by atoms with van der Waals surface area (Å²) in [5.74, 6) is -1.89. The fraction of sp³-hybridized carbons (Fsp3) is 0.607. The molecule has 12 heteroatoms. The molecule has 0 radical (unpaired) electrons. The van der Waals surface area contributed by atoms with Gasteiger partial charge in [-0.1, -0.05) is 50.0 Å². The number of hydrogen-bond donors (Lipinski definition) is 2. The zero-order valence-electron chi connectivity index (χ0n) is 23.1. The van der Waals surface area contributed by atoms with Gasteiger partial charge in [0.05, 0.1) is 35.9 Å². The average Bonchev–Trinajstić information content (AvgIpc) is 3.30. The lowest BCUT2D eigenvalue weighted by Gasteiger charge is -2.36. The maximum absolute atomic E-state index is 14.5. The van der Waals surface area contributed by atoms with Crippen molar-refractivity contribution >= 4 is 35.1 Å². The van der Waals surface area contributed by atoms with E-state index >= 15 is 0 Å². The number of aromatic nitrogens is 2. The van der Waals surface area contributed by atoms with Gasteiger partial charge < -0.3 is 15.1 Å². The number of aliphatic hydroxyl groups excluding tert-OH is 1. The lowest BCUT2D eigenvalue weighted by Crippen LogP contribution is -2.46. The fourth-order valence-electron chi connectivity index (χ4n) is 5.36. The van der Waals surface area contributed by atoms with E-state index in [2.05, 4.69) is 5.10 Å². The molecule has 222 valence electrons. The SMILES string of the molecule is CC(C)(C)C[C@H](CO)N(CCc1c(Cl)cccc1Cl)C(=O)c1cnn([C@H]2CC[C@](C)(C(=O)O)CC2)c1C(F)(F)F. The van der Waals surface area contributed by atoms with Gasteiger partial charge in [0.2, 0.25) is 0 Å². The van der Waals surface area contributed by atoms with Gasteiger partial charge >= 0.3 is 12.1 Å². The van der Waals surface area contributed by atoms with Crippen molar-refractivity contribution in [2.45, 2.75) is 84.5 Å². The molecule has 0 bridgehead atoms. The fourth-order valence-corrected chi connectivity index (χ4v) is 5.95. The van der Waals surface area contributed by atoms with Crippen LogP contribution in [0.2, 0.25) is 10.0 Å². The van der Waals surface area contributed by atoms with Crippen molar-refractivity contribution in [1.29, 1.82) is 0 Å². The van der Waals surface area contributed by atoms with Crippen molar-refractivity contribution in [2.24, 2.45) is 10.8 Å². The number of hydrogen-bond acceptors (Lipinski definition) is 4. The van der Waals surface area contributed by atoms with Crippen molar-refractivity contribution in [3.8, 4) is 0 Å². The Morgan fingerprint density at radius 1 is 1.18 bits per heavy atom. The Morgan fingerprint density at radius 3 is 2.23 bits per heavy atom. The first kappa shape index (κ1) is 32.2. The number of halogens is 5. The Labute approximate surface area is 242 Å². The third kappa shape index (κ3) is 7.31. The molecule has 2 aromatic rings. The van der Waals surface area contributed by atoms with E-state index in [9.17, 15) is 33.0 Å². The van der Waals surface area contributed by atoms with Crippen molar-refractivity contribution in [2.75, 3.05) is 13.2 Å². The summed E-state index contributed by atoms with van der Waals surface area (Å²) < 4.78 is 44.3. The summed E-state index contributed by atoms with van der Waals surface area (Å²) in [6, 6.07) is 3.47. The van der Waals surface area contributed by atoms with Crippen LogP contribution in [-0.2, 0) is 17.4 Å². The molecule has 1 saturated carbocycles. The van der Waals surface area contributed by atoms with Gasteiger partial charge in [-0.2, -0.15) is 18.3 Å². The lowest BCUT2D eigenvalue weighted by atomic mass is 9.74. The molecular weight excluding hydrogens is 570 g/mol. The summed E-state index contributed by atoms with van der Waals surface area (Å²) in [4.78, 5) is 26.8. The predicted molar refractivity (Wildman–Crippen MR) is 147 cm³/mol. The van der Waals surface area contributed by atoms with Gasteiger partial charge in [-0.3, -0.25) is 14.3 Å². The van der Waals surface area contributed by atoms with Crippen LogP contribution in [0.3, 0.4) is 0 Å². The van der Waals surface area contributed by atoms with E-state index in [1.165, 1.54) is 4.90 Å². The highest BCUT2D eigenvalue weighted by Gasteiger charge is 2.45. The Morgan fingerprint density at radius 2 is 1.75 bits per heavy atom. The van der Waals surface area contributed by atoms with Gasteiger partial charge in [-0.15, -0.1) is 0 Å². The molecule has 1 aliphatic carbocycles. The number of benzene rings is 1. The van der Waals surface area contributed by atoms with E-state index in [0.29, 0.717) is 22.0 Å². The molecule has 7 nitrogen and oxygen atoms in total. The number of aliphatic hydroxyl groups is 1. The second-order valence-electron chi connectivity index (χ2n) is 12.0. The second-order valence-corrected chi connectivity index (χ2v) is 12.8. The Bertz CT molecular complexity index is 1200. The first-order chi connectivity index (χ1) is 18.5. The van der Waals surface area contributed by atoms with Crippen molar-refractivity contribution in [3.63, 3.8) is 0 Å². The average molecular weight is 607 g/mol. The highest BCUT2D eigenvalue weighted by Crippen LogP contribution is 2.43. The van der Waals surface area contributed by atoms with Crippen molar-refractivity contribution < 1.29 is 33.0 Å². The lowest BCUT2D eigenvalue weighted by molar-refractivity contribution is -0.152. The molecule has 0 saturated heterocycles. The van der Waals surface area contributed by atoms with E-state index in [1.807, 2.05) is 20.8 Å². The molecule has 0 unspecified atom stereocenters. The first-order valence-corrected chi connectivity index (χ1v) is 14.0. The highest BCUT2D eigenvalue weighted by atomic mass is 35.5. The van der Waals surface area contributed by atoms with E-state index in [1.54, 1.807) is 25.1 Å². The quantitative estimate of drug-likeness (QED) is 0.324. The summed E-state index contributed by atoms with van der Waals surface area (Å²) >= 11 is 12.6. The smallest absolute Gasteiger partial charge is 0.433 e. The van der Waals surface area contributed by atoms with Gasteiger partial charge in [0.25, 0.3) is 5.91 Å². The highest BCUT2D eigenvalue weighted by molar-refractivity contribution is 6.36. The van der Waals surface area contributed by atoms with Crippen LogP contribution >= 0.6 is 23.2 Å². The minimum atomic E-state index is -4.90. The maximum atomic E-state index is 14.5. The number of carboxylic acid groups (broad SMARTS) is 1. The maximum Gasteiger partial charge on any atom is 0.433 e. The van der Waals surface area contributed by atoms with Gasteiger partial charge in [-0.25, -0.2) is 0 Å². The number of amides is 1. The van der Waals surface area contributed by atoms with E-state index in [-0.39, 0.29) is 44.1 Å². The minimum absolute atomic E-state index is 0.0353. The van der Waals surface area contributed by atoms with Gasteiger partial charge in [0, 0.05) is 16.6 Å². The molecule has 1 aliphatic rings. The largest absolute Gasteiger partial charge is 0.481 e. The van der Waals surface area contributed by atoms with Crippen LogP contribution in [-0.4, -0.2) is 56.0 Å². The molecule has 1 aromatic heterocycles. The third-order valence-corrected chi connectivity index (χ3v) is 8.35. The monoisotopic (exact) mass is 605 g/mol. The normalized spacial score (nSPS) is 20.8. The summed E-state index contributed by atoms with van der Waals surface area (Å²) in [7, 11) is 0. The Balaban J connectivity index is 2.01. The molecular formula is C28H36Cl2F3N3O4. The number of rotatable bonds is 9. The van der Waals surface area contributed by atoms with Crippen LogP contribution in [0.5, 0.6) is 0 Å². The summed E-state index contributed by atoms with van der Waals surface area (Å²) in [5.41, 5.74) is -2.60. The van der Waals surface area contributed by atoms with Crippen LogP contribution in [0, 0.1) is 10.8 Å². The molecule has 40 heavy (non-hydrogen) atoms. The molecule has 1 atom stereocenters. The van der Waals surface area contributed by atoms with Crippen LogP contribution in [0.15, 0.2) is 24.4 Å². The molecule has 1 fully saturated rings. The molecule has 1 aromatic carbocycles. The summed E-state index contributed by atoms with van der Waals surface area (Å²) in [5, 5.41) is 24.5. The number of aliphatic carboxylic acids is 1. The van der Waals surface area contributed by atoms with Crippen LogP contribution in [0.25, 0.3) is 0 Å². The van der Waals surface area contributed by atoms with E-state index < -0.39 is 53.4 Å². The van der Waals surface area contributed by atoms with E-state index in [0.717, 1.165) is 10.9 Å². The second kappa shape index (κ2) is 12.3. The predicted octanol–water partition coefficient (Wildman–Crippen LogP) is 6.90. The number of carbonyl (C=O) groups excluding carboxylic acids is 1. The first-order valence-electron chi connectivity index (χ1n) is 13.2. The summed E-state index contributed by atoms with van der Waals surface area (Å²) in [6.45, 7) is 6.84. The number of carboxylic acids is 1. The van der Waals surface area contributed by atoms with Gasteiger partial charge in [-0.05, 0) is 68.6 Å². The standard InChI is InChI=1S/C28H36Cl2F3N3O4/c1-26(2,3)14-18(16-37)35(13-10-19-21(29)6-5-7-22(19)30)24(38)20-15-34-36(23(20)28(31,32)33)17-8-11-27(4,12-9-17)25(39)40/h5-7,15,17-18,37H,8-14,16H2,1-4H3,(H,39,40)/t17-,18-,27-/m1/s1.